The summed E-state index contributed by atoms with van der Waals surface area (Å²) in [5.74, 6) is 0. The summed E-state index contributed by atoms with van der Waals surface area (Å²) in [5, 5.41) is 15.1. The van der Waals surface area contributed by atoms with Crippen LogP contribution in [0.15, 0.2) is 66.7 Å². The molecular weight excluding hydrogens is 395 g/mol. The predicted molar refractivity (Wildman–Crippen MR) is 112 cm³/mol. The van der Waals surface area contributed by atoms with Gasteiger partial charge in [0.05, 0.1) is 11.7 Å². The first-order chi connectivity index (χ1) is 13.4. The lowest BCUT2D eigenvalue weighted by molar-refractivity contribution is 0.220. The highest BCUT2D eigenvalue weighted by atomic mass is 35.5. The van der Waals surface area contributed by atoms with Gasteiger partial charge in [-0.15, -0.1) is 0 Å². The SMILES string of the molecule is CN1C(=O)NC(c2cccc(Cl)c2)c2cc(C(O)c3ccc(Cl)cc3)ccc21. The van der Waals surface area contributed by atoms with Gasteiger partial charge in [0, 0.05) is 22.7 Å². The van der Waals surface area contributed by atoms with Crippen LogP contribution in [0.4, 0.5) is 10.5 Å². The number of aliphatic hydroxyl groups excluding tert-OH is 1. The highest BCUT2D eigenvalue weighted by Crippen LogP contribution is 2.37. The van der Waals surface area contributed by atoms with Crippen LogP contribution in [-0.4, -0.2) is 18.2 Å². The molecule has 28 heavy (non-hydrogen) atoms. The van der Waals surface area contributed by atoms with Crippen molar-refractivity contribution >= 4 is 34.9 Å². The van der Waals surface area contributed by atoms with E-state index in [2.05, 4.69) is 5.32 Å². The van der Waals surface area contributed by atoms with Crippen LogP contribution in [0.25, 0.3) is 0 Å². The molecule has 2 unspecified atom stereocenters. The first-order valence-corrected chi connectivity index (χ1v) is 9.56. The van der Waals surface area contributed by atoms with Crippen molar-refractivity contribution in [2.24, 2.45) is 0 Å². The number of amides is 2. The quantitative estimate of drug-likeness (QED) is 0.610. The van der Waals surface area contributed by atoms with Crippen molar-refractivity contribution in [2.45, 2.75) is 12.1 Å². The van der Waals surface area contributed by atoms with Gasteiger partial charge in [-0.2, -0.15) is 0 Å². The third-order valence-electron chi connectivity index (χ3n) is 4.98. The minimum atomic E-state index is -0.800. The lowest BCUT2D eigenvalue weighted by atomic mass is 9.91. The molecule has 142 valence electrons. The van der Waals surface area contributed by atoms with Gasteiger partial charge in [-0.25, -0.2) is 4.79 Å². The summed E-state index contributed by atoms with van der Waals surface area (Å²) in [5.41, 5.74) is 4.05. The number of urea groups is 1. The number of aliphatic hydroxyl groups is 1. The summed E-state index contributed by atoms with van der Waals surface area (Å²) in [6.07, 6.45) is -0.800. The second-order valence-corrected chi connectivity index (χ2v) is 7.64. The number of fused-ring (bicyclic) bond motifs is 1. The Balaban J connectivity index is 1.79. The second kappa shape index (κ2) is 7.47. The summed E-state index contributed by atoms with van der Waals surface area (Å²) in [7, 11) is 1.72. The number of nitrogens with zero attached hydrogens (tertiary/aromatic N) is 1. The lowest BCUT2D eigenvalue weighted by Gasteiger charge is -2.34. The van der Waals surface area contributed by atoms with Crippen molar-refractivity contribution < 1.29 is 9.90 Å². The fourth-order valence-electron chi connectivity index (χ4n) is 3.47. The minimum absolute atomic E-state index is 0.191. The molecule has 3 aromatic carbocycles. The Morgan fingerprint density at radius 2 is 1.68 bits per heavy atom. The molecule has 0 aliphatic carbocycles. The van der Waals surface area contributed by atoms with Gasteiger partial charge in [-0.05, 0) is 53.1 Å². The molecule has 6 heteroatoms. The number of carbonyl (C=O) groups is 1. The van der Waals surface area contributed by atoms with E-state index in [1.807, 2.05) is 36.4 Å². The Hall–Kier alpha value is -2.53. The molecule has 2 N–H and O–H groups in total. The van der Waals surface area contributed by atoms with Crippen molar-refractivity contribution in [3.63, 3.8) is 0 Å². The van der Waals surface area contributed by atoms with Crippen LogP contribution in [0.1, 0.15) is 34.4 Å². The minimum Gasteiger partial charge on any atom is -0.384 e. The monoisotopic (exact) mass is 412 g/mol. The van der Waals surface area contributed by atoms with Gasteiger partial charge in [0.1, 0.15) is 6.10 Å². The normalized spacial score (nSPS) is 17.1. The van der Waals surface area contributed by atoms with E-state index in [9.17, 15) is 9.90 Å². The molecule has 1 aliphatic heterocycles. The van der Waals surface area contributed by atoms with Crippen molar-refractivity contribution in [3.8, 4) is 0 Å². The van der Waals surface area contributed by atoms with E-state index in [1.54, 1.807) is 42.3 Å². The summed E-state index contributed by atoms with van der Waals surface area (Å²) in [6, 6.07) is 19.6. The zero-order valence-electron chi connectivity index (χ0n) is 15.1. The molecule has 2 atom stereocenters. The molecule has 4 rings (SSSR count). The summed E-state index contributed by atoms with van der Waals surface area (Å²) >= 11 is 12.1. The zero-order valence-corrected chi connectivity index (χ0v) is 16.6. The number of benzene rings is 3. The third kappa shape index (κ3) is 3.47. The van der Waals surface area contributed by atoms with Crippen molar-refractivity contribution in [1.29, 1.82) is 0 Å². The standard InChI is InChI=1S/C22H18Cl2N2O2/c1-26-19-10-7-15(21(27)13-5-8-16(23)9-6-13)12-18(19)20(25-22(26)28)14-3-2-4-17(24)11-14/h2-12,20-21,27H,1H3,(H,25,28). The molecule has 0 saturated heterocycles. The maximum atomic E-state index is 12.4. The zero-order chi connectivity index (χ0) is 19.8. The van der Waals surface area contributed by atoms with Crippen LogP contribution < -0.4 is 10.2 Å². The number of hydrogen-bond donors (Lipinski definition) is 2. The summed E-state index contributed by atoms with van der Waals surface area (Å²) in [6.45, 7) is 0. The number of halogens is 2. The van der Waals surface area contributed by atoms with Gasteiger partial charge >= 0.3 is 6.03 Å². The van der Waals surface area contributed by atoms with Crippen LogP contribution in [-0.2, 0) is 0 Å². The van der Waals surface area contributed by atoms with Crippen LogP contribution in [0.3, 0.4) is 0 Å². The number of anilines is 1. The molecule has 0 fully saturated rings. The van der Waals surface area contributed by atoms with E-state index in [1.165, 1.54) is 0 Å². The van der Waals surface area contributed by atoms with Crippen LogP contribution in [0.2, 0.25) is 10.0 Å². The molecule has 0 saturated carbocycles. The Kier molecular flexibility index (Phi) is 5.02. The first kappa shape index (κ1) is 18.8. The van der Waals surface area contributed by atoms with Gasteiger partial charge in [0.15, 0.2) is 0 Å². The average molecular weight is 413 g/mol. The molecule has 0 aromatic heterocycles. The van der Waals surface area contributed by atoms with Gasteiger partial charge in [0.2, 0.25) is 0 Å². The first-order valence-electron chi connectivity index (χ1n) is 8.81. The molecule has 2 amide bonds. The highest BCUT2D eigenvalue weighted by Gasteiger charge is 2.30. The number of hydrogen-bond acceptors (Lipinski definition) is 2. The van der Waals surface area contributed by atoms with Crippen molar-refractivity contribution in [3.05, 3.63) is 99.0 Å². The Morgan fingerprint density at radius 3 is 2.39 bits per heavy atom. The second-order valence-electron chi connectivity index (χ2n) is 6.77. The number of nitrogens with one attached hydrogen (secondary N) is 1. The Morgan fingerprint density at radius 1 is 0.964 bits per heavy atom. The molecule has 3 aromatic rings. The fraction of sp³-hybridized carbons (Fsp3) is 0.136. The van der Waals surface area contributed by atoms with E-state index < -0.39 is 6.10 Å². The fourth-order valence-corrected chi connectivity index (χ4v) is 3.80. The van der Waals surface area contributed by atoms with E-state index in [0.29, 0.717) is 10.0 Å². The summed E-state index contributed by atoms with van der Waals surface area (Å²) in [4.78, 5) is 14.0. The van der Waals surface area contributed by atoms with Gasteiger partial charge < -0.3 is 10.4 Å². The molecular formula is C22H18Cl2N2O2. The van der Waals surface area contributed by atoms with Gasteiger partial charge in [-0.3, -0.25) is 4.90 Å². The highest BCUT2D eigenvalue weighted by molar-refractivity contribution is 6.30. The number of carbonyl (C=O) groups excluding carboxylic acids is 1. The topological polar surface area (TPSA) is 52.6 Å². The molecule has 0 bridgehead atoms. The lowest BCUT2D eigenvalue weighted by Crippen LogP contribution is -2.44. The smallest absolute Gasteiger partial charge is 0.322 e. The maximum Gasteiger partial charge on any atom is 0.322 e. The van der Waals surface area contributed by atoms with Crippen molar-refractivity contribution in [1.82, 2.24) is 5.32 Å². The average Bonchev–Trinajstić information content (AvgIpc) is 2.70. The third-order valence-corrected chi connectivity index (χ3v) is 5.47. The van der Waals surface area contributed by atoms with E-state index >= 15 is 0 Å². The molecule has 4 nitrogen and oxygen atoms in total. The maximum absolute atomic E-state index is 12.4. The van der Waals surface area contributed by atoms with E-state index in [4.69, 9.17) is 23.2 Å². The molecule has 1 heterocycles. The molecule has 0 spiro atoms. The van der Waals surface area contributed by atoms with Crippen LogP contribution >= 0.6 is 23.2 Å². The van der Waals surface area contributed by atoms with E-state index in [-0.39, 0.29) is 12.1 Å². The van der Waals surface area contributed by atoms with Crippen LogP contribution in [0, 0.1) is 0 Å². The van der Waals surface area contributed by atoms with Crippen molar-refractivity contribution in [2.75, 3.05) is 11.9 Å². The Bertz CT molecular complexity index is 1040. The number of rotatable bonds is 3. The molecule has 1 aliphatic rings. The Labute approximate surface area is 173 Å². The van der Waals surface area contributed by atoms with Gasteiger partial charge in [-0.1, -0.05) is 53.5 Å². The molecule has 0 radical (unpaired) electrons. The largest absolute Gasteiger partial charge is 0.384 e. The predicted octanol–water partition coefficient (Wildman–Crippen LogP) is 5.32. The van der Waals surface area contributed by atoms with Gasteiger partial charge in [0.25, 0.3) is 0 Å². The van der Waals surface area contributed by atoms with E-state index in [0.717, 1.165) is 27.9 Å². The van der Waals surface area contributed by atoms with Crippen LogP contribution in [0.5, 0.6) is 0 Å². The summed E-state index contributed by atoms with van der Waals surface area (Å²) < 4.78 is 0.